The molecule has 0 saturated carbocycles. The maximum atomic E-state index is 13.1. The Hall–Kier alpha value is -3.40. The SMILES string of the molecule is C=CCOC(=O)N[C@@H](C)C(=O)N(C)[C@H](C(=O)NCC(=O)O[C@@H](/C(C)=C/C(C)=C/C(C)(C)C)[C@H](C)C(=C)CCO)C(C)C. The van der Waals surface area contributed by atoms with Crippen LogP contribution in [0, 0.1) is 17.3 Å². The molecule has 10 heteroatoms. The molecule has 0 aromatic rings. The van der Waals surface area contributed by atoms with Crippen molar-refractivity contribution in [3.8, 4) is 0 Å². The number of nitrogens with one attached hydrogen (secondary N) is 2. The van der Waals surface area contributed by atoms with E-state index in [2.05, 4.69) is 50.6 Å². The zero-order valence-corrected chi connectivity index (χ0v) is 27.2. The van der Waals surface area contributed by atoms with Crippen molar-refractivity contribution in [1.82, 2.24) is 15.5 Å². The standard InChI is InChI=1S/C32H53N3O7/c1-13-16-41-31(40)34-25(8)30(39)35(12)27(20(2)3)29(38)33-19-26(37)42-28(24(7)22(5)14-15-36)23(6)17-21(4)18-32(9,10)11/h13,17-18,20,24-25,27-28,36H,1,5,14-16,19H2,2-4,6-12H3,(H,33,38)(H,34,40)/b21-18+,23-17+/t24-,25+,27+,28+/m1/s1. The Morgan fingerprint density at radius 2 is 1.67 bits per heavy atom. The molecule has 0 aromatic heterocycles. The molecule has 0 aliphatic carbocycles. The van der Waals surface area contributed by atoms with Crippen molar-refractivity contribution in [2.75, 3.05) is 26.8 Å². The van der Waals surface area contributed by atoms with Gasteiger partial charge < -0.3 is 30.1 Å². The number of carbonyl (C=O) groups excluding carboxylic acids is 4. The molecule has 238 valence electrons. The third-order valence-corrected chi connectivity index (χ3v) is 6.46. The number of hydrogen-bond donors (Lipinski definition) is 3. The first-order valence-corrected chi connectivity index (χ1v) is 14.3. The van der Waals surface area contributed by atoms with Crippen LogP contribution in [0.2, 0.25) is 0 Å². The van der Waals surface area contributed by atoms with E-state index in [1.54, 1.807) is 13.8 Å². The fourth-order valence-corrected chi connectivity index (χ4v) is 4.57. The van der Waals surface area contributed by atoms with E-state index in [1.807, 2.05) is 26.8 Å². The minimum Gasteiger partial charge on any atom is -0.456 e. The first-order chi connectivity index (χ1) is 19.4. The summed E-state index contributed by atoms with van der Waals surface area (Å²) in [6, 6.07) is -1.87. The number of carbonyl (C=O) groups is 4. The van der Waals surface area contributed by atoms with Crippen LogP contribution in [0.3, 0.4) is 0 Å². The summed E-state index contributed by atoms with van der Waals surface area (Å²) in [5, 5.41) is 14.4. The number of hydrogen-bond acceptors (Lipinski definition) is 7. The van der Waals surface area contributed by atoms with Gasteiger partial charge in [-0.3, -0.25) is 14.4 Å². The summed E-state index contributed by atoms with van der Waals surface area (Å²) in [6.07, 6.45) is 4.41. The zero-order chi connectivity index (χ0) is 32.8. The van der Waals surface area contributed by atoms with Crippen LogP contribution >= 0.6 is 0 Å². The van der Waals surface area contributed by atoms with Gasteiger partial charge in [0.05, 0.1) is 0 Å². The van der Waals surface area contributed by atoms with Gasteiger partial charge >= 0.3 is 12.1 Å². The number of ether oxygens (including phenoxy) is 2. The summed E-state index contributed by atoms with van der Waals surface area (Å²) in [5.74, 6) is -2.27. The van der Waals surface area contributed by atoms with Crippen LogP contribution in [0.1, 0.15) is 68.7 Å². The minimum atomic E-state index is -0.953. The van der Waals surface area contributed by atoms with Gasteiger partial charge in [0.15, 0.2) is 0 Å². The van der Waals surface area contributed by atoms with Crippen molar-refractivity contribution < 1.29 is 33.8 Å². The average molecular weight is 592 g/mol. The van der Waals surface area contributed by atoms with Gasteiger partial charge in [-0.15, -0.1) is 0 Å². The molecule has 4 atom stereocenters. The van der Waals surface area contributed by atoms with Crippen molar-refractivity contribution in [3.63, 3.8) is 0 Å². The van der Waals surface area contributed by atoms with Crippen LogP contribution in [-0.4, -0.2) is 78.9 Å². The van der Waals surface area contributed by atoms with Crippen molar-refractivity contribution in [2.45, 2.75) is 86.9 Å². The van der Waals surface area contributed by atoms with E-state index in [1.165, 1.54) is 24.9 Å². The number of nitrogens with zero attached hydrogens (tertiary/aromatic N) is 1. The third kappa shape index (κ3) is 14.0. The number of rotatable bonds is 16. The molecule has 0 spiro atoms. The molecule has 0 fully saturated rings. The van der Waals surface area contributed by atoms with Crippen molar-refractivity contribution in [1.29, 1.82) is 0 Å². The second-order valence-electron chi connectivity index (χ2n) is 12.1. The Morgan fingerprint density at radius 1 is 1.07 bits per heavy atom. The summed E-state index contributed by atoms with van der Waals surface area (Å²) in [5.41, 5.74) is 2.52. The van der Waals surface area contributed by atoms with Crippen molar-refractivity contribution >= 4 is 23.9 Å². The van der Waals surface area contributed by atoms with E-state index in [0.717, 1.165) is 16.7 Å². The first-order valence-electron chi connectivity index (χ1n) is 14.3. The molecular formula is C32H53N3O7. The lowest BCUT2D eigenvalue weighted by atomic mass is 9.88. The Balaban J connectivity index is 5.67. The third-order valence-electron chi connectivity index (χ3n) is 6.46. The van der Waals surface area contributed by atoms with Gasteiger partial charge in [-0.25, -0.2) is 4.79 Å². The molecule has 0 bridgehead atoms. The molecule has 42 heavy (non-hydrogen) atoms. The number of alkyl carbamates (subject to hydrolysis) is 1. The summed E-state index contributed by atoms with van der Waals surface area (Å²) in [4.78, 5) is 52.1. The lowest BCUT2D eigenvalue weighted by Crippen LogP contribution is -2.55. The van der Waals surface area contributed by atoms with E-state index < -0.39 is 48.6 Å². The van der Waals surface area contributed by atoms with Crippen molar-refractivity contribution in [2.24, 2.45) is 17.3 Å². The molecule has 0 saturated heterocycles. The number of allylic oxidation sites excluding steroid dienone is 3. The van der Waals surface area contributed by atoms with E-state index in [9.17, 15) is 24.3 Å². The molecule has 10 nitrogen and oxygen atoms in total. The highest BCUT2D eigenvalue weighted by molar-refractivity contribution is 5.92. The zero-order valence-electron chi connectivity index (χ0n) is 27.2. The lowest BCUT2D eigenvalue weighted by Gasteiger charge is -2.32. The quantitative estimate of drug-likeness (QED) is 0.138. The van der Waals surface area contributed by atoms with Gasteiger partial charge in [0, 0.05) is 19.6 Å². The number of aliphatic hydroxyl groups excluding tert-OH is 1. The second kappa shape index (κ2) is 18.2. The molecule has 0 rings (SSSR count). The molecule has 0 radical (unpaired) electrons. The molecule has 3 N–H and O–H groups in total. The number of aliphatic hydroxyl groups is 1. The highest BCUT2D eigenvalue weighted by Crippen LogP contribution is 2.26. The largest absolute Gasteiger partial charge is 0.456 e. The smallest absolute Gasteiger partial charge is 0.408 e. The fraction of sp³-hybridized carbons (Fsp3) is 0.625. The minimum absolute atomic E-state index is 0.00652. The van der Waals surface area contributed by atoms with Gasteiger partial charge in [-0.05, 0) is 44.1 Å². The summed E-state index contributed by atoms with van der Waals surface area (Å²) >= 11 is 0. The predicted molar refractivity (Wildman–Crippen MR) is 165 cm³/mol. The Labute approximate surface area is 252 Å². The lowest BCUT2D eigenvalue weighted by molar-refractivity contribution is -0.149. The summed E-state index contributed by atoms with van der Waals surface area (Å²) in [6.45, 7) is 24.1. The number of likely N-dealkylation sites (N-methyl/N-ethyl adjacent to an activating group) is 1. The molecule has 0 aromatic carbocycles. The Bertz CT molecular complexity index is 1020. The Kier molecular flexibility index (Phi) is 16.7. The van der Waals surface area contributed by atoms with Crippen molar-refractivity contribution in [3.05, 3.63) is 48.1 Å². The second-order valence-corrected chi connectivity index (χ2v) is 12.1. The van der Waals surface area contributed by atoms with Crippen LogP contribution in [-0.2, 0) is 23.9 Å². The summed E-state index contributed by atoms with van der Waals surface area (Å²) < 4.78 is 10.7. The van der Waals surface area contributed by atoms with Crippen LogP contribution in [0.5, 0.6) is 0 Å². The maximum absolute atomic E-state index is 13.1. The Morgan fingerprint density at radius 3 is 2.17 bits per heavy atom. The van der Waals surface area contributed by atoms with Gasteiger partial charge in [0.25, 0.3) is 0 Å². The van der Waals surface area contributed by atoms with E-state index in [4.69, 9.17) is 9.47 Å². The molecule has 0 aliphatic rings. The highest BCUT2D eigenvalue weighted by Gasteiger charge is 2.33. The molecule has 0 unspecified atom stereocenters. The average Bonchev–Trinajstić information content (AvgIpc) is 2.86. The monoisotopic (exact) mass is 591 g/mol. The summed E-state index contributed by atoms with van der Waals surface area (Å²) in [7, 11) is 1.46. The number of esters is 1. The van der Waals surface area contributed by atoms with E-state index in [0.29, 0.717) is 6.42 Å². The topological polar surface area (TPSA) is 134 Å². The van der Waals surface area contributed by atoms with Crippen LogP contribution < -0.4 is 10.6 Å². The predicted octanol–water partition coefficient (Wildman–Crippen LogP) is 4.31. The molecule has 0 heterocycles. The van der Waals surface area contributed by atoms with Crippen LogP contribution in [0.15, 0.2) is 48.1 Å². The van der Waals surface area contributed by atoms with Crippen LogP contribution in [0.25, 0.3) is 0 Å². The van der Waals surface area contributed by atoms with Gasteiger partial charge in [0.2, 0.25) is 11.8 Å². The fourth-order valence-electron chi connectivity index (χ4n) is 4.57. The van der Waals surface area contributed by atoms with E-state index in [-0.39, 0.29) is 30.5 Å². The van der Waals surface area contributed by atoms with Gasteiger partial charge in [0.1, 0.15) is 31.3 Å². The molecular weight excluding hydrogens is 538 g/mol. The molecule has 0 aliphatic heterocycles. The maximum Gasteiger partial charge on any atom is 0.408 e. The van der Waals surface area contributed by atoms with Crippen LogP contribution in [0.4, 0.5) is 4.79 Å². The van der Waals surface area contributed by atoms with Gasteiger partial charge in [-0.2, -0.15) is 0 Å². The van der Waals surface area contributed by atoms with E-state index >= 15 is 0 Å². The normalized spacial score (nSPS) is 15.1. The van der Waals surface area contributed by atoms with Gasteiger partial charge in [-0.1, -0.05) is 84.1 Å². The first kappa shape index (κ1) is 38.6. The number of amides is 3. The highest BCUT2D eigenvalue weighted by atomic mass is 16.5. The molecule has 3 amide bonds.